The first-order chi connectivity index (χ1) is 12.3. The monoisotopic (exact) mass is 357 g/mol. The van der Waals surface area contributed by atoms with Gasteiger partial charge in [0.1, 0.15) is 0 Å². The molecule has 3 rings (SSSR count). The van der Waals surface area contributed by atoms with Crippen molar-refractivity contribution in [3.63, 3.8) is 0 Å². The van der Waals surface area contributed by atoms with E-state index in [0.717, 1.165) is 17.7 Å². The van der Waals surface area contributed by atoms with Crippen molar-refractivity contribution in [1.82, 2.24) is 0 Å². The first-order valence-corrected chi connectivity index (χ1v) is 8.83. The van der Waals surface area contributed by atoms with Gasteiger partial charge in [0.25, 0.3) is 11.8 Å². The molecule has 0 bridgehead atoms. The second-order valence-corrected chi connectivity index (χ2v) is 7.06. The van der Waals surface area contributed by atoms with Crippen LogP contribution in [0.25, 0.3) is 0 Å². The summed E-state index contributed by atoms with van der Waals surface area (Å²) < 4.78 is 11.1. The standard InChI is InChI=1S/C20H23NO5/c1-13-14(2)26-20(13,3)11-4-12-25-19(24)15-5-7-16(8-6-15)21-17(22)9-10-18(21)23/h5-10,13-14H,4,11-12H2,1-3H3. The average Bonchev–Trinajstić information content (AvgIpc) is 2.97. The number of rotatable bonds is 6. The first-order valence-electron chi connectivity index (χ1n) is 8.83. The summed E-state index contributed by atoms with van der Waals surface area (Å²) in [5.41, 5.74) is 0.685. The number of imide groups is 1. The lowest BCUT2D eigenvalue weighted by molar-refractivity contribution is -0.241. The van der Waals surface area contributed by atoms with Crippen LogP contribution >= 0.6 is 0 Å². The highest BCUT2D eigenvalue weighted by Gasteiger charge is 2.46. The van der Waals surface area contributed by atoms with Gasteiger partial charge < -0.3 is 9.47 Å². The van der Waals surface area contributed by atoms with Crippen LogP contribution in [0.15, 0.2) is 36.4 Å². The van der Waals surface area contributed by atoms with Gasteiger partial charge in [-0.15, -0.1) is 0 Å². The van der Waals surface area contributed by atoms with E-state index in [2.05, 4.69) is 20.8 Å². The highest BCUT2D eigenvalue weighted by Crippen LogP contribution is 2.41. The van der Waals surface area contributed by atoms with Gasteiger partial charge in [0.05, 0.1) is 29.6 Å². The molecule has 6 nitrogen and oxygen atoms in total. The zero-order valence-electron chi connectivity index (χ0n) is 15.2. The van der Waals surface area contributed by atoms with E-state index in [1.165, 1.54) is 12.2 Å². The zero-order valence-corrected chi connectivity index (χ0v) is 15.2. The number of nitrogens with zero attached hydrogens (tertiary/aromatic N) is 1. The Morgan fingerprint density at radius 2 is 1.77 bits per heavy atom. The summed E-state index contributed by atoms with van der Waals surface area (Å²) in [4.78, 5) is 36.5. The van der Waals surface area contributed by atoms with E-state index in [1.807, 2.05) is 0 Å². The molecule has 2 aliphatic heterocycles. The Hall–Kier alpha value is -2.47. The van der Waals surface area contributed by atoms with E-state index in [9.17, 15) is 14.4 Å². The summed E-state index contributed by atoms with van der Waals surface area (Å²) in [6.45, 7) is 6.66. The largest absolute Gasteiger partial charge is 0.462 e. The number of carbonyl (C=O) groups is 3. The number of ether oxygens (including phenoxy) is 2. The lowest BCUT2D eigenvalue weighted by Gasteiger charge is -2.51. The molecule has 1 aromatic rings. The fraction of sp³-hybridized carbons (Fsp3) is 0.450. The van der Waals surface area contributed by atoms with Crippen molar-refractivity contribution in [3.8, 4) is 0 Å². The number of amides is 2. The molecule has 0 aromatic heterocycles. The molecule has 0 aliphatic carbocycles. The summed E-state index contributed by atoms with van der Waals surface area (Å²) in [7, 11) is 0. The van der Waals surface area contributed by atoms with Crippen molar-refractivity contribution in [2.45, 2.75) is 45.3 Å². The van der Waals surface area contributed by atoms with Gasteiger partial charge in [-0.1, -0.05) is 6.92 Å². The highest BCUT2D eigenvalue weighted by atomic mass is 16.5. The number of hydrogen-bond donors (Lipinski definition) is 0. The van der Waals surface area contributed by atoms with Gasteiger partial charge in [-0.25, -0.2) is 9.69 Å². The first kappa shape index (κ1) is 18.3. The lowest BCUT2D eigenvalue weighted by Crippen LogP contribution is -2.55. The van der Waals surface area contributed by atoms with Crippen molar-refractivity contribution < 1.29 is 23.9 Å². The number of hydrogen-bond acceptors (Lipinski definition) is 5. The van der Waals surface area contributed by atoms with Crippen molar-refractivity contribution in [2.24, 2.45) is 5.92 Å². The van der Waals surface area contributed by atoms with E-state index in [4.69, 9.17) is 9.47 Å². The van der Waals surface area contributed by atoms with Gasteiger partial charge in [0.15, 0.2) is 0 Å². The molecular weight excluding hydrogens is 334 g/mol. The van der Waals surface area contributed by atoms with Crippen LogP contribution in [-0.4, -0.2) is 36.1 Å². The SMILES string of the molecule is CC1OC(C)(CCCOC(=O)c2ccc(N3C(=O)C=CC3=O)cc2)C1C. The Morgan fingerprint density at radius 3 is 2.31 bits per heavy atom. The number of esters is 1. The summed E-state index contributed by atoms with van der Waals surface area (Å²) in [5.74, 6) is -0.702. The van der Waals surface area contributed by atoms with Crippen LogP contribution in [0.4, 0.5) is 5.69 Å². The van der Waals surface area contributed by atoms with Crippen LogP contribution in [0.1, 0.15) is 44.0 Å². The molecule has 0 radical (unpaired) electrons. The molecule has 2 aliphatic rings. The smallest absolute Gasteiger partial charge is 0.338 e. The Morgan fingerprint density at radius 1 is 1.15 bits per heavy atom. The second-order valence-electron chi connectivity index (χ2n) is 7.06. The fourth-order valence-corrected chi connectivity index (χ4v) is 3.42. The van der Waals surface area contributed by atoms with Gasteiger partial charge in [0, 0.05) is 18.1 Å². The molecule has 6 heteroatoms. The van der Waals surface area contributed by atoms with Gasteiger partial charge in [0.2, 0.25) is 0 Å². The predicted octanol–water partition coefficient (Wildman–Crippen LogP) is 2.87. The van der Waals surface area contributed by atoms with Crippen LogP contribution in [0, 0.1) is 5.92 Å². The molecule has 1 saturated heterocycles. The normalized spacial score (nSPS) is 27.6. The molecule has 26 heavy (non-hydrogen) atoms. The molecular formula is C20H23NO5. The maximum atomic E-state index is 12.1. The van der Waals surface area contributed by atoms with E-state index in [1.54, 1.807) is 24.3 Å². The average molecular weight is 357 g/mol. The summed E-state index contributed by atoms with van der Waals surface area (Å²) in [5, 5.41) is 0. The van der Waals surface area contributed by atoms with E-state index >= 15 is 0 Å². The molecule has 0 saturated carbocycles. The number of anilines is 1. The third-order valence-electron chi connectivity index (χ3n) is 5.34. The second kappa shape index (κ2) is 7.03. The molecule has 0 spiro atoms. The molecule has 3 unspecified atom stereocenters. The van der Waals surface area contributed by atoms with Crippen LogP contribution in [-0.2, 0) is 19.1 Å². The minimum atomic E-state index is -0.421. The molecule has 2 amide bonds. The van der Waals surface area contributed by atoms with Crippen molar-refractivity contribution >= 4 is 23.5 Å². The Kier molecular flexibility index (Phi) is 4.96. The lowest BCUT2D eigenvalue weighted by atomic mass is 9.77. The van der Waals surface area contributed by atoms with Gasteiger partial charge in [-0.2, -0.15) is 0 Å². The quantitative estimate of drug-likeness (QED) is 0.445. The van der Waals surface area contributed by atoms with E-state index in [0.29, 0.717) is 23.8 Å². The fourth-order valence-electron chi connectivity index (χ4n) is 3.42. The predicted molar refractivity (Wildman–Crippen MR) is 95.7 cm³/mol. The van der Waals surface area contributed by atoms with E-state index < -0.39 is 5.97 Å². The van der Waals surface area contributed by atoms with Crippen LogP contribution < -0.4 is 4.90 Å². The zero-order chi connectivity index (χ0) is 18.9. The third-order valence-corrected chi connectivity index (χ3v) is 5.34. The summed E-state index contributed by atoms with van der Waals surface area (Å²) >= 11 is 0. The highest BCUT2D eigenvalue weighted by molar-refractivity contribution is 6.28. The summed E-state index contributed by atoms with van der Waals surface area (Å²) in [6, 6.07) is 6.23. The number of carbonyl (C=O) groups excluding carboxylic acids is 3. The van der Waals surface area contributed by atoms with Crippen molar-refractivity contribution in [2.75, 3.05) is 11.5 Å². The maximum absolute atomic E-state index is 12.1. The minimum Gasteiger partial charge on any atom is -0.462 e. The maximum Gasteiger partial charge on any atom is 0.338 e. The topological polar surface area (TPSA) is 72.9 Å². The molecule has 3 atom stereocenters. The number of benzene rings is 1. The molecule has 2 heterocycles. The van der Waals surface area contributed by atoms with Crippen molar-refractivity contribution in [1.29, 1.82) is 0 Å². The minimum absolute atomic E-state index is 0.129. The summed E-state index contributed by atoms with van der Waals surface area (Å²) in [6.07, 6.45) is 4.30. The van der Waals surface area contributed by atoms with Crippen LogP contribution in [0.3, 0.4) is 0 Å². The van der Waals surface area contributed by atoms with Crippen molar-refractivity contribution in [3.05, 3.63) is 42.0 Å². The van der Waals surface area contributed by atoms with Gasteiger partial charge in [-0.05, 0) is 51.0 Å². The Labute approximate surface area is 152 Å². The molecule has 1 fully saturated rings. The van der Waals surface area contributed by atoms with Crippen LogP contribution in [0.2, 0.25) is 0 Å². The van der Waals surface area contributed by atoms with Gasteiger partial charge in [-0.3, -0.25) is 9.59 Å². The van der Waals surface area contributed by atoms with Gasteiger partial charge >= 0.3 is 5.97 Å². The Bertz CT molecular complexity index is 736. The molecule has 138 valence electrons. The molecule has 0 N–H and O–H groups in total. The Balaban J connectivity index is 1.48. The third kappa shape index (κ3) is 3.42. The molecule has 1 aromatic carbocycles. The van der Waals surface area contributed by atoms with Crippen LogP contribution in [0.5, 0.6) is 0 Å². The van der Waals surface area contributed by atoms with E-state index in [-0.39, 0.29) is 23.5 Å².